The van der Waals surface area contributed by atoms with Gasteiger partial charge < -0.3 is 15.3 Å². The number of hydrogen-bond donors (Lipinski definition) is 2. The number of likely N-dealkylation sites (N-methyl/N-ethyl adjacent to an activating group) is 1. The van der Waals surface area contributed by atoms with Crippen molar-refractivity contribution in [1.29, 1.82) is 0 Å². The maximum atomic E-state index is 9.66. The maximum absolute atomic E-state index is 9.66. The Morgan fingerprint density at radius 2 is 1.87 bits per heavy atom. The molecule has 0 saturated carbocycles. The van der Waals surface area contributed by atoms with Crippen LogP contribution in [-0.2, 0) is 0 Å². The van der Waals surface area contributed by atoms with Crippen LogP contribution in [0.15, 0.2) is 0 Å². The molecule has 0 aliphatic rings. The highest BCUT2D eigenvalue weighted by Crippen LogP contribution is 2.09. The summed E-state index contributed by atoms with van der Waals surface area (Å²) in [5.41, 5.74) is 0. The first-order valence-corrected chi connectivity index (χ1v) is 6.01. The van der Waals surface area contributed by atoms with Gasteiger partial charge in [0.15, 0.2) is 0 Å². The summed E-state index contributed by atoms with van der Waals surface area (Å²) in [5.74, 6) is 0.762. The van der Waals surface area contributed by atoms with Gasteiger partial charge in [0.2, 0.25) is 0 Å². The van der Waals surface area contributed by atoms with Gasteiger partial charge in [-0.05, 0) is 33.4 Å². The summed E-state index contributed by atoms with van der Waals surface area (Å²) in [4.78, 5) is 2.01. The minimum atomic E-state index is -0.264. The lowest BCUT2D eigenvalue weighted by Gasteiger charge is -2.21. The van der Waals surface area contributed by atoms with Gasteiger partial charge in [-0.1, -0.05) is 20.3 Å². The van der Waals surface area contributed by atoms with E-state index in [9.17, 15) is 5.11 Å². The van der Waals surface area contributed by atoms with E-state index in [1.165, 1.54) is 12.8 Å². The van der Waals surface area contributed by atoms with E-state index in [2.05, 4.69) is 26.1 Å². The van der Waals surface area contributed by atoms with E-state index in [0.29, 0.717) is 12.6 Å². The number of nitrogens with zero attached hydrogens (tertiary/aromatic N) is 1. The molecule has 92 valence electrons. The van der Waals surface area contributed by atoms with Crippen LogP contribution in [0.3, 0.4) is 0 Å². The second-order valence-corrected chi connectivity index (χ2v) is 4.97. The first kappa shape index (κ1) is 14.9. The van der Waals surface area contributed by atoms with Crippen molar-refractivity contribution < 1.29 is 5.11 Å². The Bertz CT molecular complexity index is 151. The smallest absolute Gasteiger partial charge is 0.0791 e. The third-order valence-corrected chi connectivity index (χ3v) is 2.73. The Balaban J connectivity index is 3.56. The third-order valence-electron chi connectivity index (χ3n) is 2.73. The fourth-order valence-corrected chi connectivity index (χ4v) is 1.68. The van der Waals surface area contributed by atoms with Gasteiger partial charge in [-0.15, -0.1) is 0 Å². The molecule has 2 N–H and O–H groups in total. The molecule has 0 aliphatic heterocycles. The summed E-state index contributed by atoms with van der Waals surface area (Å²) >= 11 is 0. The first-order valence-electron chi connectivity index (χ1n) is 6.01. The Morgan fingerprint density at radius 3 is 2.33 bits per heavy atom. The van der Waals surface area contributed by atoms with Crippen LogP contribution in [0, 0.1) is 5.92 Å². The zero-order valence-electron chi connectivity index (χ0n) is 11.0. The molecule has 3 atom stereocenters. The normalized spacial score (nSPS) is 17.8. The van der Waals surface area contributed by atoms with Crippen LogP contribution in [0.2, 0.25) is 0 Å². The molecule has 0 aliphatic carbocycles. The van der Waals surface area contributed by atoms with Crippen molar-refractivity contribution in [3.63, 3.8) is 0 Å². The van der Waals surface area contributed by atoms with Crippen molar-refractivity contribution in [2.75, 3.05) is 27.2 Å². The molecule has 3 unspecified atom stereocenters. The number of aliphatic hydroxyl groups excluding tert-OH is 1. The second-order valence-electron chi connectivity index (χ2n) is 4.97. The summed E-state index contributed by atoms with van der Waals surface area (Å²) in [6.45, 7) is 8.10. The molecular formula is C12H28N2O. The lowest BCUT2D eigenvalue weighted by molar-refractivity contribution is 0.131. The van der Waals surface area contributed by atoms with Crippen LogP contribution < -0.4 is 5.32 Å². The molecule has 0 heterocycles. The average Bonchev–Trinajstić information content (AvgIpc) is 2.13. The van der Waals surface area contributed by atoms with E-state index < -0.39 is 0 Å². The van der Waals surface area contributed by atoms with Crippen molar-refractivity contribution in [2.24, 2.45) is 5.92 Å². The van der Waals surface area contributed by atoms with E-state index in [0.717, 1.165) is 12.5 Å². The standard InChI is InChI=1S/C12H28N2O/c1-6-10(2)7-11(3)13-8-12(15)9-14(4)5/h10-13,15H,6-9H2,1-5H3. The number of nitrogens with one attached hydrogen (secondary N) is 1. The molecule has 3 heteroatoms. The van der Waals surface area contributed by atoms with Gasteiger partial charge in [-0.25, -0.2) is 0 Å². The van der Waals surface area contributed by atoms with Crippen LogP contribution >= 0.6 is 0 Å². The second kappa shape index (κ2) is 8.08. The van der Waals surface area contributed by atoms with Crippen molar-refractivity contribution in [3.05, 3.63) is 0 Å². The molecule has 0 spiro atoms. The summed E-state index contributed by atoms with van der Waals surface area (Å²) < 4.78 is 0. The van der Waals surface area contributed by atoms with Crippen molar-refractivity contribution in [3.8, 4) is 0 Å². The van der Waals surface area contributed by atoms with E-state index in [1.807, 2.05) is 19.0 Å². The lowest BCUT2D eigenvalue weighted by atomic mass is 10.0. The van der Waals surface area contributed by atoms with Gasteiger partial charge in [0.05, 0.1) is 6.10 Å². The maximum Gasteiger partial charge on any atom is 0.0791 e. The Hall–Kier alpha value is -0.120. The lowest BCUT2D eigenvalue weighted by Crippen LogP contribution is -2.39. The molecule has 15 heavy (non-hydrogen) atoms. The molecule has 0 saturated heterocycles. The van der Waals surface area contributed by atoms with Crippen molar-refractivity contribution >= 4 is 0 Å². The number of hydrogen-bond acceptors (Lipinski definition) is 3. The van der Waals surface area contributed by atoms with Gasteiger partial charge in [-0.2, -0.15) is 0 Å². The fourth-order valence-electron chi connectivity index (χ4n) is 1.68. The van der Waals surface area contributed by atoms with Crippen LogP contribution in [0.5, 0.6) is 0 Å². The zero-order valence-corrected chi connectivity index (χ0v) is 11.0. The first-order chi connectivity index (χ1) is 6.95. The molecule has 0 rings (SSSR count). The van der Waals surface area contributed by atoms with Crippen LogP contribution in [-0.4, -0.2) is 49.3 Å². The van der Waals surface area contributed by atoms with Crippen LogP contribution in [0.1, 0.15) is 33.6 Å². The molecule has 0 aromatic rings. The van der Waals surface area contributed by atoms with Gasteiger partial charge >= 0.3 is 0 Å². The van der Waals surface area contributed by atoms with E-state index in [1.54, 1.807) is 0 Å². The van der Waals surface area contributed by atoms with Crippen LogP contribution in [0.25, 0.3) is 0 Å². The topological polar surface area (TPSA) is 35.5 Å². The molecule has 0 radical (unpaired) electrons. The molecule has 0 aromatic heterocycles. The number of rotatable bonds is 8. The molecule has 0 aromatic carbocycles. The van der Waals surface area contributed by atoms with E-state index >= 15 is 0 Å². The largest absolute Gasteiger partial charge is 0.390 e. The Kier molecular flexibility index (Phi) is 8.02. The average molecular weight is 216 g/mol. The van der Waals surface area contributed by atoms with Gasteiger partial charge in [0.25, 0.3) is 0 Å². The highest BCUT2D eigenvalue weighted by molar-refractivity contribution is 4.68. The van der Waals surface area contributed by atoms with E-state index in [-0.39, 0.29) is 6.10 Å². The third kappa shape index (κ3) is 8.85. The molecule has 0 bridgehead atoms. The predicted molar refractivity (Wildman–Crippen MR) is 66.1 cm³/mol. The highest BCUT2D eigenvalue weighted by Gasteiger charge is 2.09. The summed E-state index contributed by atoms with van der Waals surface area (Å²) in [6, 6.07) is 0.497. The summed E-state index contributed by atoms with van der Waals surface area (Å²) in [5, 5.41) is 13.0. The minimum absolute atomic E-state index is 0.264. The molecule has 0 amide bonds. The number of aliphatic hydroxyl groups is 1. The van der Waals surface area contributed by atoms with Gasteiger partial charge in [-0.3, -0.25) is 0 Å². The molecule has 0 fully saturated rings. The Labute approximate surface area is 94.9 Å². The Morgan fingerprint density at radius 1 is 1.27 bits per heavy atom. The van der Waals surface area contributed by atoms with Crippen molar-refractivity contribution in [1.82, 2.24) is 10.2 Å². The summed E-state index contributed by atoms with van der Waals surface area (Å²) in [6.07, 6.45) is 2.15. The fraction of sp³-hybridized carbons (Fsp3) is 1.00. The summed E-state index contributed by atoms with van der Waals surface area (Å²) in [7, 11) is 3.96. The van der Waals surface area contributed by atoms with Gasteiger partial charge in [0, 0.05) is 19.1 Å². The van der Waals surface area contributed by atoms with Crippen molar-refractivity contribution in [2.45, 2.75) is 45.8 Å². The zero-order chi connectivity index (χ0) is 11.8. The SMILES string of the molecule is CCC(C)CC(C)NCC(O)CN(C)C. The van der Waals surface area contributed by atoms with Gasteiger partial charge in [0.1, 0.15) is 0 Å². The monoisotopic (exact) mass is 216 g/mol. The molecule has 3 nitrogen and oxygen atoms in total. The van der Waals surface area contributed by atoms with Crippen LogP contribution in [0.4, 0.5) is 0 Å². The highest BCUT2D eigenvalue weighted by atomic mass is 16.3. The van der Waals surface area contributed by atoms with E-state index in [4.69, 9.17) is 0 Å². The quantitative estimate of drug-likeness (QED) is 0.642. The predicted octanol–water partition coefficient (Wildman–Crippen LogP) is 1.32. The molecular weight excluding hydrogens is 188 g/mol. The minimum Gasteiger partial charge on any atom is -0.390 e.